The van der Waals surface area contributed by atoms with Crippen molar-refractivity contribution in [2.75, 3.05) is 12.3 Å². The van der Waals surface area contributed by atoms with Gasteiger partial charge in [-0.05, 0) is 37.5 Å². The third-order valence-electron chi connectivity index (χ3n) is 6.71. The second kappa shape index (κ2) is 10.3. The van der Waals surface area contributed by atoms with Crippen LogP contribution in [-0.4, -0.2) is 42.4 Å². The number of aromatic nitrogens is 4. The fraction of sp³-hybridized carbons (Fsp3) is 0.357. The zero-order chi connectivity index (χ0) is 25.2. The summed E-state index contributed by atoms with van der Waals surface area (Å²) in [6.07, 6.45) is 3.86. The molecule has 1 aliphatic heterocycles. The summed E-state index contributed by atoms with van der Waals surface area (Å²) in [6, 6.07) is 16.0. The molecule has 186 valence electrons. The molecule has 0 fully saturated rings. The summed E-state index contributed by atoms with van der Waals surface area (Å²) in [5.41, 5.74) is 4.70. The van der Waals surface area contributed by atoms with Gasteiger partial charge in [0.05, 0.1) is 17.9 Å². The summed E-state index contributed by atoms with van der Waals surface area (Å²) in [5, 5.41) is 5.64. The molecule has 8 heteroatoms. The number of thioether (sulfide) groups is 1. The Morgan fingerprint density at radius 2 is 1.97 bits per heavy atom. The van der Waals surface area contributed by atoms with E-state index in [0.29, 0.717) is 35.0 Å². The lowest BCUT2D eigenvalue weighted by molar-refractivity contribution is -0.132. The van der Waals surface area contributed by atoms with E-state index in [1.54, 1.807) is 15.4 Å². The SMILES string of the molecule is CCCCN(Cc1ccccc1)C(=O)CC1CSc2nc3c(cnn3-c3ccc(C)cc3C)c(=O)n21. The van der Waals surface area contributed by atoms with Crippen molar-refractivity contribution in [1.82, 2.24) is 24.2 Å². The summed E-state index contributed by atoms with van der Waals surface area (Å²) in [7, 11) is 0. The normalized spacial score (nSPS) is 14.8. The van der Waals surface area contributed by atoms with Gasteiger partial charge in [-0.2, -0.15) is 5.10 Å². The van der Waals surface area contributed by atoms with Gasteiger partial charge in [-0.3, -0.25) is 14.2 Å². The van der Waals surface area contributed by atoms with E-state index in [0.717, 1.165) is 29.7 Å². The first kappa shape index (κ1) is 24.3. The standard InChI is InChI=1S/C28H31N5O2S/c1-4-5-13-31(17-21-9-7-6-8-10-21)25(34)15-22-18-36-28-30-26-23(27(35)32(22)28)16-29-33(26)24-12-11-19(2)14-20(24)3/h6-12,14,16,22H,4-5,13,15,17-18H2,1-3H3. The monoisotopic (exact) mass is 501 g/mol. The molecule has 1 unspecified atom stereocenters. The number of hydrogen-bond acceptors (Lipinski definition) is 5. The number of fused-ring (bicyclic) bond motifs is 2. The molecule has 2 aromatic heterocycles. The van der Waals surface area contributed by atoms with Gasteiger partial charge in [-0.25, -0.2) is 9.67 Å². The summed E-state index contributed by atoms with van der Waals surface area (Å²) in [6.45, 7) is 7.51. The largest absolute Gasteiger partial charge is 0.338 e. The van der Waals surface area contributed by atoms with Crippen LogP contribution in [0, 0.1) is 13.8 Å². The van der Waals surface area contributed by atoms with Gasteiger partial charge in [0.15, 0.2) is 10.8 Å². The number of rotatable bonds is 8. The number of amides is 1. The minimum atomic E-state index is -0.216. The first-order valence-corrected chi connectivity index (χ1v) is 13.5. The van der Waals surface area contributed by atoms with Crippen molar-refractivity contribution in [3.05, 3.63) is 81.8 Å². The predicted molar refractivity (Wildman–Crippen MR) is 144 cm³/mol. The van der Waals surface area contributed by atoms with Crippen LogP contribution in [0.25, 0.3) is 16.7 Å². The average Bonchev–Trinajstić information content (AvgIpc) is 3.47. The Hall–Kier alpha value is -3.39. The predicted octanol–water partition coefficient (Wildman–Crippen LogP) is 5.06. The first-order chi connectivity index (χ1) is 17.5. The molecular formula is C28H31N5O2S. The molecule has 2 aromatic carbocycles. The minimum absolute atomic E-state index is 0.0729. The molecule has 5 rings (SSSR count). The van der Waals surface area contributed by atoms with Crippen LogP contribution in [0.3, 0.4) is 0 Å². The number of carbonyl (C=O) groups is 1. The van der Waals surface area contributed by atoms with E-state index in [-0.39, 0.29) is 23.9 Å². The van der Waals surface area contributed by atoms with Crippen LogP contribution < -0.4 is 5.56 Å². The Morgan fingerprint density at radius 3 is 2.72 bits per heavy atom. The maximum atomic E-state index is 13.6. The number of aryl methyl sites for hydroxylation is 2. The third-order valence-corrected chi connectivity index (χ3v) is 7.81. The summed E-state index contributed by atoms with van der Waals surface area (Å²) < 4.78 is 3.46. The summed E-state index contributed by atoms with van der Waals surface area (Å²) in [5.74, 6) is 0.730. The van der Waals surface area contributed by atoms with E-state index in [2.05, 4.69) is 25.0 Å². The minimum Gasteiger partial charge on any atom is -0.338 e. The number of unbranched alkanes of at least 4 members (excludes halogenated alkanes) is 1. The molecule has 0 radical (unpaired) electrons. The number of nitrogens with zero attached hydrogens (tertiary/aromatic N) is 5. The van der Waals surface area contributed by atoms with E-state index in [1.807, 2.05) is 54.3 Å². The quantitative estimate of drug-likeness (QED) is 0.315. The van der Waals surface area contributed by atoms with Crippen LogP contribution in [-0.2, 0) is 11.3 Å². The Kier molecular flexibility index (Phi) is 6.96. The van der Waals surface area contributed by atoms with E-state index in [1.165, 1.54) is 17.3 Å². The van der Waals surface area contributed by atoms with Crippen LogP contribution in [0.2, 0.25) is 0 Å². The highest BCUT2D eigenvalue weighted by Crippen LogP contribution is 2.34. The van der Waals surface area contributed by atoms with Crippen molar-refractivity contribution >= 4 is 28.7 Å². The summed E-state index contributed by atoms with van der Waals surface area (Å²) in [4.78, 5) is 33.7. The maximum Gasteiger partial charge on any atom is 0.265 e. The van der Waals surface area contributed by atoms with Crippen LogP contribution >= 0.6 is 11.8 Å². The molecule has 0 N–H and O–H groups in total. The number of hydrogen-bond donors (Lipinski definition) is 0. The van der Waals surface area contributed by atoms with Crippen LogP contribution in [0.5, 0.6) is 0 Å². The Morgan fingerprint density at radius 1 is 1.17 bits per heavy atom. The smallest absolute Gasteiger partial charge is 0.265 e. The third kappa shape index (κ3) is 4.69. The molecule has 0 bridgehead atoms. The van der Waals surface area contributed by atoms with E-state index >= 15 is 0 Å². The average molecular weight is 502 g/mol. The molecule has 4 aromatic rings. The highest BCUT2D eigenvalue weighted by Gasteiger charge is 2.31. The maximum absolute atomic E-state index is 13.6. The first-order valence-electron chi connectivity index (χ1n) is 12.5. The van der Waals surface area contributed by atoms with E-state index < -0.39 is 0 Å². The lowest BCUT2D eigenvalue weighted by atomic mass is 10.1. The molecule has 1 amide bonds. The van der Waals surface area contributed by atoms with Gasteiger partial charge in [0.25, 0.3) is 5.56 Å². The lowest BCUT2D eigenvalue weighted by Crippen LogP contribution is -2.35. The second-order valence-corrected chi connectivity index (χ2v) is 10.5. The lowest BCUT2D eigenvalue weighted by Gasteiger charge is -2.24. The van der Waals surface area contributed by atoms with Crippen molar-refractivity contribution < 1.29 is 4.79 Å². The Balaban J connectivity index is 1.43. The molecule has 0 aliphatic carbocycles. The molecule has 0 spiro atoms. The molecule has 1 aliphatic rings. The van der Waals surface area contributed by atoms with Crippen LogP contribution in [0.1, 0.15) is 48.9 Å². The molecule has 7 nitrogen and oxygen atoms in total. The molecule has 3 heterocycles. The van der Waals surface area contributed by atoms with E-state index in [9.17, 15) is 9.59 Å². The highest BCUT2D eigenvalue weighted by molar-refractivity contribution is 7.99. The van der Waals surface area contributed by atoms with Crippen LogP contribution in [0.4, 0.5) is 0 Å². The van der Waals surface area contributed by atoms with Crippen molar-refractivity contribution in [3.63, 3.8) is 0 Å². The zero-order valence-electron chi connectivity index (χ0n) is 21.0. The van der Waals surface area contributed by atoms with Gasteiger partial charge >= 0.3 is 0 Å². The molecule has 1 atom stereocenters. The van der Waals surface area contributed by atoms with Crippen molar-refractivity contribution in [1.29, 1.82) is 0 Å². The second-order valence-electron chi connectivity index (χ2n) is 9.48. The molecular weight excluding hydrogens is 470 g/mol. The zero-order valence-corrected chi connectivity index (χ0v) is 21.8. The van der Waals surface area contributed by atoms with E-state index in [4.69, 9.17) is 4.98 Å². The fourth-order valence-corrected chi connectivity index (χ4v) is 5.91. The molecule has 36 heavy (non-hydrogen) atoms. The van der Waals surface area contributed by atoms with Gasteiger partial charge in [0.2, 0.25) is 5.91 Å². The fourth-order valence-electron chi connectivity index (χ4n) is 4.78. The molecule has 0 saturated heterocycles. The number of carbonyl (C=O) groups excluding carboxylic acids is 1. The van der Waals surface area contributed by atoms with Gasteiger partial charge in [-0.15, -0.1) is 0 Å². The van der Waals surface area contributed by atoms with Gasteiger partial charge in [-0.1, -0.05) is 73.1 Å². The van der Waals surface area contributed by atoms with Gasteiger partial charge < -0.3 is 4.90 Å². The Bertz CT molecular complexity index is 1460. The highest BCUT2D eigenvalue weighted by atomic mass is 32.2. The van der Waals surface area contributed by atoms with Crippen molar-refractivity contribution in [2.24, 2.45) is 0 Å². The van der Waals surface area contributed by atoms with Crippen molar-refractivity contribution in [2.45, 2.75) is 57.8 Å². The van der Waals surface area contributed by atoms with Crippen LogP contribution in [0.15, 0.2) is 64.7 Å². The van der Waals surface area contributed by atoms with Gasteiger partial charge in [0, 0.05) is 25.3 Å². The van der Waals surface area contributed by atoms with Crippen molar-refractivity contribution in [3.8, 4) is 5.69 Å². The summed E-state index contributed by atoms with van der Waals surface area (Å²) >= 11 is 1.53. The molecule has 0 saturated carbocycles. The Labute approximate surface area is 215 Å². The van der Waals surface area contributed by atoms with Gasteiger partial charge in [0.1, 0.15) is 5.39 Å². The topological polar surface area (TPSA) is 73.0 Å². The number of benzene rings is 2.